The molecule has 0 saturated carbocycles. The van der Waals surface area contributed by atoms with E-state index >= 15 is 0 Å². The van der Waals surface area contributed by atoms with Crippen molar-refractivity contribution in [3.8, 4) is 11.5 Å². The van der Waals surface area contributed by atoms with Gasteiger partial charge in [0, 0.05) is 24.6 Å². The van der Waals surface area contributed by atoms with Crippen LogP contribution in [0.2, 0.25) is 5.02 Å². The number of methoxy groups -OCH3 is 2. The highest BCUT2D eigenvalue weighted by Crippen LogP contribution is 2.37. The highest BCUT2D eigenvalue weighted by atomic mass is 35.5. The van der Waals surface area contributed by atoms with Crippen LogP contribution >= 0.6 is 22.9 Å². The highest BCUT2D eigenvalue weighted by molar-refractivity contribution is 7.92. The summed E-state index contributed by atoms with van der Waals surface area (Å²) in [5.41, 5.74) is 0.173. The molecular weight excluding hydrogens is 376 g/mol. The first-order valence-electron chi connectivity index (χ1n) is 6.57. The zero-order valence-corrected chi connectivity index (χ0v) is 15.4. The van der Waals surface area contributed by atoms with Crippen LogP contribution in [0.15, 0.2) is 28.5 Å². The molecule has 2 aromatic rings. The van der Waals surface area contributed by atoms with Gasteiger partial charge in [-0.2, -0.15) is 0 Å². The van der Waals surface area contributed by atoms with E-state index in [0.29, 0.717) is 10.6 Å². The lowest BCUT2D eigenvalue weighted by Gasteiger charge is -2.13. The van der Waals surface area contributed by atoms with Crippen LogP contribution in [-0.2, 0) is 10.0 Å². The molecule has 0 aliphatic heterocycles. The van der Waals surface area contributed by atoms with Crippen molar-refractivity contribution in [2.24, 2.45) is 0 Å². The highest BCUT2D eigenvalue weighted by Gasteiger charge is 2.21. The molecule has 1 aromatic heterocycles. The normalized spacial score (nSPS) is 11.0. The minimum atomic E-state index is -3.90. The molecule has 2 N–H and O–H groups in total. The van der Waals surface area contributed by atoms with Crippen molar-refractivity contribution in [3.63, 3.8) is 0 Å². The third-order valence-electron chi connectivity index (χ3n) is 3.05. The Kier molecular flexibility index (Phi) is 5.58. The lowest BCUT2D eigenvalue weighted by molar-refractivity contribution is 0.0967. The van der Waals surface area contributed by atoms with Gasteiger partial charge in [-0.15, -0.1) is 11.3 Å². The van der Waals surface area contributed by atoms with Crippen LogP contribution in [0.25, 0.3) is 0 Å². The molecule has 24 heavy (non-hydrogen) atoms. The molecule has 0 aliphatic carbocycles. The SMILES string of the molecule is CNC(=O)c1cc(S(=O)(=O)Nc2cc(OC)c(Cl)cc2OC)cs1. The average molecular weight is 391 g/mol. The van der Waals surface area contributed by atoms with Gasteiger partial charge < -0.3 is 14.8 Å². The number of sulfonamides is 1. The predicted molar refractivity (Wildman–Crippen MR) is 93.1 cm³/mol. The molecule has 0 spiro atoms. The first kappa shape index (κ1) is 18.4. The summed E-state index contributed by atoms with van der Waals surface area (Å²) in [7, 11) is 0.379. The molecule has 0 bridgehead atoms. The van der Waals surface area contributed by atoms with Gasteiger partial charge in [-0.05, 0) is 6.07 Å². The first-order valence-corrected chi connectivity index (χ1v) is 9.31. The molecule has 0 aliphatic rings. The van der Waals surface area contributed by atoms with Gasteiger partial charge in [-0.3, -0.25) is 9.52 Å². The summed E-state index contributed by atoms with van der Waals surface area (Å²) in [5, 5.41) is 4.11. The van der Waals surface area contributed by atoms with Gasteiger partial charge >= 0.3 is 0 Å². The Labute approximate surface area is 148 Å². The molecule has 0 saturated heterocycles. The molecular formula is C14H15ClN2O5S2. The second kappa shape index (κ2) is 7.29. The number of nitrogens with one attached hydrogen (secondary N) is 2. The zero-order chi connectivity index (χ0) is 17.9. The Morgan fingerprint density at radius 1 is 1.17 bits per heavy atom. The number of hydrogen-bond donors (Lipinski definition) is 2. The number of thiophene rings is 1. The molecule has 0 atom stereocenters. The molecule has 1 heterocycles. The molecule has 7 nitrogen and oxygen atoms in total. The maximum atomic E-state index is 12.5. The fraction of sp³-hybridized carbons (Fsp3) is 0.214. The van der Waals surface area contributed by atoms with Crippen LogP contribution in [-0.4, -0.2) is 35.6 Å². The van der Waals surface area contributed by atoms with Gasteiger partial charge in [0.2, 0.25) is 0 Å². The smallest absolute Gasteiger partial charge is 0.262 e. The van der Waals surface area contributed by atoms with Crippen molar-refractivity contribution in [3.05, 3.63) is 33.5 Å². The lowest BCUT2D eigenvalue weighted by Crippen LogP contribution is -2.16. The maximum Gasteiger partial charge on any atom is 0.262 e. The zero-order valence-electron chi connectivity index (χ0n) is 13.0. The standard InChI is InChI=1S/C14H15ClN2O5S2/c1-16-14(18)13-4-8(7-23-13)24(19,20)17-10-6-11(21-2)9(15)5-12(10)22-3/h4-7,17H,1-3H3,(H,16,18). The summed E-state index contributed by atoms with van der Waals surface area (Å²) >= 11 is 7.03. The van der Waals surface area contributed by atoms with E-state index in [2.05, 4.69) is 10.0 Å². The van der Waals surface area contributed by atoms with Gasteiger partial charge in [0.25, 0.3) is 15.9 Å². The van der Waals surface area contributed by atoms with Crippen molar-refractivity contribution in [2.45, 2.75) is 4.90 Å². The van der Waals surface area contributed by atoms with Crippen LogP contribution in [0.1, 0.15) is 9.67 Å². The Bertz CT molecular complexity index is 864. The van der Waals surface area contributed by atoms with Gasteiger partial charge in [0.15, 0.2) is 0 Å². The number of hydrogen-bond acceptors (Lipinski definition) is 6. The predicted octanol–water partition coefficient (Wildman–Crippen LogP) is 2.58. The number of carbonyl (C=O) groups is 1. The summed E-state index contributed by atoms with van der Waals surface area (Å²) in [4.78, 5) is 11.8. The van der Waals surface area contributed by atoms with Crippen molar-refractivity contribution >= 4 is 44.6 Å². The molecule has 1 aromatic carbocycles. The third kappa shape index (κ3) is 3.74. The van der Waals surface area contributed by atoms with E-state index in [1.165, 1.54) is 44.8 Å². The van der Waals surface area contributed by atoms with Crippen LogP contribution in [0.3, 0.4) is 0 Å². The minimum absolute atomic E-state index is 0.0259. The van der Waals surface area contributed by atoms with Gasteiger partial charge in [0.1, 0.15) is 11.5 Å². The van der Waals surface area contributed by atoms with Crippen molar-refractivity contribution in [2.75, 3.05) is 26.0 Å². The van der Waals surface area contributed by atoms with E-state index in [1.54, 1.807) is 0 Å². The third-order valence-corrected chi connectivity index (χ3v) is 5.77. The van der Waals surface area contributed by atoms with Gasteiger partial charge in [-0.1, -0.05) is 11.6 Å². The van der Waals surface area contributed by atoms with Gasteiger partial charge in [0.05, 0.1) is 34.7 Å². The number of carbonyl (C=O) groups excluding carboxylic acids is 1. The van der Waals surface area contributed by atoms with Crippen LogP contribution < -0.4 is 19.5 Å². The summed E-state index contributed by atoms with van der Waals surface area (Å²) < 4.78 is 37.7. The van der Waals surface area contributed by atoms with E-state index in [1.807, 2.05) is 0 Å². The van der Waals surface area contributed by atoms with E-state index < -0.39 is 10.0 Å². The Hall–Kier alpha value is -1.97. The Morgan fingerprint density at radius 2 is 1.83 bits per heavy atom. The molecule has 130 valence electrons. The summed E-state index contributed by atoms with van der Waals surface area (Å²) in [6.07, 6.45) is 0. The van der Waals surface area contributed by atoms with Crippen molar-refractivity contribution in [1.29, 1.82) is 0 Å². The van der Waals surface area contributed by atoms with Crippen LogP contribution in [0.5, 0.6) is 11.5 Å². The summed E-state index contributed by atoms with van der Waals surface area (Å²) in [5.74, 6) is 0.185. The quantitative estimate of drug-likeness (QED) is 0.790. The molecule has 0 fully saturated rings. The van der Waals surface area contributed by atoms with E-state index in [0.717, 1.165) is 11.3 Å². The second-order valence-electron chi connectivity index (χ2n) is 4.52. The number of rotatable bonds is 6. The molecule has 2 rings (SSSR count). The molecule has 10 heteroatoms. The largest absolute Gasteiger partial charge is 0.495 e. The van der Waals surface area contributed by atoms with Crippen LogP contribution in [0, 0.1) is 0 Å². The Morgan fingerprint density at radius 3 is 2.42 bits per heavy atom. The number of amides is 1. The summed E-state index contributed by atoms with van der Waals surface area (Å²) in [6.45, 7) is 0. The number of anilines is 1. The van der Waals surface area contributed by atoms with E-state index in [4.69, 9.17) is 21.1 Å². The molecule has 0 radical (unpaired) electrons. The monoisotopic (exact) mass is 390 g/mol. The topological polar surface area (TPSA) is 93.7 Å². The molecule has 0 unspecified atom stereocenters. The van der Waals surface area contributed by atoms with Crippen molar-refractivity contribution in [1.82, 2.24) is 5.32 Å². The lowest BCUT2D eigenvalue weighted by atomic mass is 10.3. The average Bonchev–Trinajstić information content (AvgIpc) is 3.06. The summed E-state index contributed by atoms with van der Waals surface area (Å²) in [6, 6.07) is 4.16. The second-order valence-corrected chi connectivity index (χ2v) is 7.52. The maximum absolute atomic E-state index is 12.5. The number of ether oxygens (including phenoxy) is 2. The minimum Gasteiger partial charge on any atom is -0.495 e. The fourth-order valence-corrected chi connectivity index (χ4v) is 4.36. The van der Waals surface area contributed by atoms with E-state index in [-0.39, 0.29) is 27.3 Å². The fourth-order valence-electron chi connectivity index (χ4n) is 1.85. The molecule has 1 amide bonds. The van der Waals surface area contributed by atoms with Crippen LogP contribution in [0.4, 0.5) is 5.69 Å². The van der Waals surface area contributed by atoms with E-state index in [9.17, 15) is 13.2 Å². The number of halogens is 1. The Balaban J connectivity index is 2.39. The van der Waals surface area contributed by atoms with Crippen molar-refractivity contribution < 1.29 is 22.7 Å². The van der Waals surface area contributed by atoms with Gasteiger partial charge in [-0.25, -0.2) is 8.42 Å². The first-order chi connectivity index (χ1) is 11.3. The number of benzene rings is 1.